The molecule has 134 valence electrons. The van der Waals surface area contributed by atoms with Gasteiger partial charge in [0.25, 0.3) is 0 Å². The van der Waals surface area contributed by atoms with Crippen molar-refractivity contribution >= 4 is 18.2 Å². The van der Waals surface area contributed by atoms with Gasteiger partial charge in [0.2, 0.25) is 0 Å². The second kappa shape index (κ2) is 9.37. The smallest absolute Gasteiger partial charge is 0.180 e. The highest BCUT2D eigenvalue weighted by Crippen LogP contribution is 2.22. The van der Waals surface area contributed by atoms with Gasteiger partial charge in [0, 0.05) is 26.2 Å². The summed E-state index contributed by atoms with van der Waals surface area (Å²) in [4.78, 5) is 17.2. The number of rotatable bonds is 5. The summed E-state index contributed by atoms with van der Waals surface area (Å²) in [7, 11) is 2.13. The van der Waals surface area contributed by atoms with Crippen molar-refractivity contribution < 1.29 is 9.53 Å². The van der Waals surface area contributed by atoms with Gasteiger partial charge >= 0.3 is 0 Å². The van der Waals surface area contributed by atoms with Crippen molar-refractivity contribution in [3.63, 3.8) is 0 Å². The minimum Gasteiger partial charge on any atom is -0.490 e. The summed E-state index contributed by atoms with van der Waals surface area (Å²) in [5.41, 5.74) is 0.727. The summed E-state index contributed by atoms with van der Waals surface area (Å²) < 4.78 is 6.13. The Kier molecular flexibility index (Phi) is 7.49. The van der Waals surface area contributed by atoms with Crippen LogP contribution in [0.15, 0.2) is 24.3 Å². The number of ether oxygens (including phenoxy) is 1. The van der Waals surface area contributed by atoms with Crippen LogP contribution in [0, 0.1) is 0 Å². The van der Waals surface area contributed by atoms with Crippen molar-refractivity contribution in [2.24, 2.45) is 0 Å². The number of piperazine rings is 1. The number of hydrogen-bond donors (Lipinski definition) is 1. The van der Waals surface area contributed by atoms with Crippen molar-refractivity contribution in [3.05, 3.63) is 29.8 Å². The largest absolute Gasteiger partial charge is 0.490 e. The third-order valence-corrected chi connectivity index (χ3v) is 4.73. The van der Waals surface area contributed by atoms with E-state index in [2.05, 4.69) is 22.2 Å². The van der Waals surface area contributed by atoms with Gasteiger partial charge in [0.05, 0.1) is 12.1 Å². The minimum absolute atomic E-state index is 0. The van der Waals surface area contributed by atoms with E-state index in [1.807, 2.05) is 24.3 Å². The van der Waals surface area contributed by atoms with Crippen molar-refractivity contribution in [2.45, 2.75) is 18.9 Å². The van der Waals surface area contributed by atoms with E-state index >= 15 is 0 Å². The van der Waals surface area contributed by atoms with E-state index in [0.29, 0.717) is 6.54 Å². The highest BCUT2D eigenvalue weighted by atomic mass is 35.5. The SMILES string of the molecule is CN1CCN(CC(=O)c2ccccc2OC2CCNCC2)CC1.Cl. The lowest BCUT2D eigenvalue weighted by molar-refractivity contribution is 0.0867. The number of piperidine rings is 1. The number of likely N-dealkylation sites (N-methyl/N-ethyl adjacent to an activating group) is 1. The van der Waals surface area contributed by atoms with Crippen LogP contribution in [-0.4, -0.2) is 74.5 Å². The Hall–Kier alpha value is -1.14. The third-order valence-electron chi connectivity index (χ3n) is 4.73. The second-order valence-electron chi connectivity index (χ2n) is 6.57. The molecule has 6 heteroatoms. The quantitative estimate of drug-likeness (QED) is 0.816. The molecule has 0 bridgehead atoms. The van der Waals surface area contributed by atoms with Gasteiger partial charge in [0.1, 0.15) is 11.9 Å². The molecule has 1 aromatic rings. The monoisotopic (exact) mass is 353 g/mol. The average molecular weight is 354 g/mol. The van der Waals surface area contributed by atoms with Crippen LogP contribution in [0.2, 0.25) is 0 Å². The lowest BCUT2D eigenvalue weighted by atomic mass is 10.1. The van der Waals surface area contributed by atoms with E-state index < -0.39 is 0 Å². The van der Waals surface area contributed by atoms with Gasteiger partial charge in [-0.1, -0.05) is 12.1 Å². The fraction of sp³-hybridized carbons (Fsp3) is 0.611. The zero-order valence-corrected chi connectivity index (χ0v) is 15.2. The fourth-order valence-corrected chi connectivity index (χ4v) is 3.19. The van der Waals surface area contributed by atoms with E-state index in [0.717, 1.165) is 63.4 Å². The number of Topliss-reactive ketones (excluding diaryl/α,β-unsaturated/α-hetero) is 1. The zero-order chi connectivity index (χ0) is 16.1. The molecule has 3 rings (SSSR count). The Morgan fingerprint density at radius 2 is 1.83 bits per heavy atom. The van der Waals surface area contributed by atoms with Gasteiger partial charge < -0.3 is 15.0 Å². The number of ketones is 1. The molecule has 0 aliphatic carbocycles. The summed E-state index contributed by atoms with van der Waals surface area (Å²) in [6, 6.07) is 7.70. The van der Waals surface area contributed by atoms with E-state index in [1.54, 1.807) is 0 Å². The molecule has 0 aromatic heterocycles. The topological polar surface area (TPSA) is 44.8 Å². The first-order valence-corrected chi connectivity index (χ1v) is 8.63. The summed E-state index contributed by atoms with van der Waals surface area (Å²) >= 11 is 0. The lowest BCUT2D eigenvalue weighted by Crippen LogP contribution is -2.46. The zero-order valence-electron chi connectivity index (χ0n) is 14.4. The number of para-hydroxylation sites is 1. The molecule has 5 nitrogen and oxygen atoms in total. The van der Waals surface area contributed by atoms with Crippen LogP contribution in [0.25, 0.3) is 0 Å². The van der Waals surface area contributed by atoms with E-state index in [9.17, 15) is 4.79 Å². The Bertz CT molecular complexity index is 527. The van der Waals surface area contributed by atoms with Crippen LogP contribution in [-0.2, 0) is 0 Å². The maximum absolute atomic E-state index is 12.7. The number of carbonyl (C=O) groups is 1. The number of nitrogens with one attached hydrogen (secondary N) is 1. The molecule has 1 N–H and O–H groups in total. The number of hydrogen-bond acceptors (Lipinski definition) is 5. The molecule has 2 heterocycles. The van der Waals surface area contributed by atoms with E-state index in [4.69, 9.17) is 4.74 Å². The van der Waals surface area contributed by atoms with Crippen LogP contribution in [0.5, 0.6) is 5.75 Å². The van der Waals surface area contributed by atoms with Crippen LogP contribution >= 0.6 is 12.4 Å². The standard InChI is InChI=1S/C18H27N3O2.ClH/c1-20-10-12-21(13-11-20)14-17(22)16-4-2-3-5-18(16)23-15-6-8-19-9-7-15;/h2-5,15,19H,6-14H2,1H3;1H. The van der Waals surface area contributed by atoms with Crippen molar-refractivity contribution in [1.82, 2.24) is 15.1 Å². The Balaban J connectivity index is 0.00000208. The highest BCUT2D eigenvalue weighted by molar-refractivity contribution is 6.00. The van der Waals surface area contributed by atoms with Gasteiger partial charge in [-0.3, -0.25) is 9.69 Å². The maximum atomic E-state index is 12.7. The Morgan fingerprint density at radius 3 is 2.54 bits per heavy atom. The molecule has 24 heavy (non-hydrogen) atoms. The molecule has 2 saturated heterocycles. The Morgan fingerprint density at radius 1 is 1.17 bits per heavy atom. The number of halogens is 1. The predicted molar refractivity (Wildman–Crippen MR) is 98.5 cm³/mol. The van der Waals surface area contributed by atoms with Gasteiger partial charge in [-0.25, -0.2) is 0 Å². The van der Waals surface area contributed by atoms with Crippen LogP contribution in [0.1, 0.15) is 23.2 Å². The first kappa shape index (κ1) is 19.2. The lowest BCUT2D eigenvalue weighted by Gasteiger charge is -2.32. The van der Waals surface area contributed by atoms with E-state index in [1.165, 1.54) is 0 Å². The van der Waals surface area contributed by atoms with Gasteiger partial charge in [0.15, 0.2) is 5.78 Å². The van der Waals surface area contributed by atoms with Crippen molar-refractivity contribution in [2.75, 3.05) is 52.9 Å². The molecule has 2 fully saturated rings. The first-order valence-electron chi connectivity index (χ1n) is 8.63. The van der Waals surface area contributed by atoms with Gasteiger partial charge in [-0.15, -0.1) is 12.4 Å². The molecule has 0 unspecified atom stereocenters. The number of carbonyl (C=O) groups excluding carboxylic acids is 1. The van der Waals surface area contributed by atoms with Crippen LogP contribution in [0.4, 0.5) is 0 Å². The average Bonchev–Trinajstić information content (AvgIpc) is 2.58. The van der Waals surface area contributed by atoms with Crippen molar-refractivity contribution in [3.8, 4) is 5.75 Å². The molecule has 0 radical (unpaired) electrons. The van der Waals surface area contributed by atoms with Gasteiger partial charge in [-0.2, -0.15) is 0 Å². The van der Waals surface area contributed by atoms with Gasteiger partial charge in [-0.05, 0) is 45.1 Å². The molecular formula is C18H28ClN3O2. The molecular weight excluding hydrogens is 326 g/mol. The molecule has 1 aromatic carbocycles. The summed E-state index contributed by atoms with van der Waals surface area (Å²) in [5, 5.41) is 3.34. The molecule has 0 atom stereocenters. The number of benzene rings is 1. The van der Waals surface area contributed by atoms with E-state index in [-0.39, 0.29) is 24.3 Å². The highest BCUT2D eigenvalue weighted by Gasteiger charge is 2.21. The predicted octanol–water partition coefficient (Wildman–Crippen LogP) is 1.67. The summed E-state index contributed by atoms with van der Waals surface area (Å²) in [6.45, 7) is 6.44. The summed E-state index contributed by atoms with van der Waals surface area (Å²) in [5.74, 6) is 0.914. The normalized spacial score (nSPS) is 20.4. The molecule has 2 aliphatic rings. The molecule has 0 spiro atoms. The maximum Gasteiger partial charge on any atom is 0.180 e. The third kappa shape index (κ3) is 5.18. The Labute approximate surface area is 150 Å². The molecule has 0 saturated carbocycles. The molecule has 2 aliphatic heterocycles. The first-order chi connectivity index (χ1) is 11.2. The number of nitrogens with zero attached hydrogens (tertiary/aromatic N) is 2. The van der Waals surface area contributed by atoms with Crippen LogP contribution < -0.4 is 10.1 Å². The second-order valence-corrected chi connectivity index (χ2v) is 6.57. The van der Waals surface area contributed by atoms with Crippen molar-refractivity contribution in [1.29, 1.82) is 0 Å². The van der Waals surface area contributed by atoms with Crippen LogP contribution in [0.3, 0.4) is 0 Å². The minimum atomic E-state index is 0. The molecule has 0 amide bonds. The summed E-state index contributed by atoms with van der Waals surface area (Å²) in [6.07, 6.45) is 2.22. The fourth-order valence-electron chi connectivity index (χ4n) is 3.19.